The molecule has 0 fully saturated rings. The van der Waals surface area contributed by atoms with Crippen LogP contribution in [0.1, 0.15) is 38.0 Å². The summed E-state index contributed by atoms with van der Waals surface area (Å²) in [5, 5.41) is 3.89. The summed E-state index contributed by atoms with van der Waals surface area (Å²) < 4.78 is 15.4. The van der Waals surface area contributed by atoms with Crippen molar-refractivity contribution in [3.63, 3.8) is 0 Å². The molecule has 6 nitrogen and oxygen atoms in total. The minimum absolute atomic E-state index is 0.189. The van der Waals surface area contributed by atoms with E-state index in [9.17, 15) is 0 Å². The van der Waals surface area contributed by atoms with Gasteiger partial charge in [-0.1, -0.05) is 25.4 Å². The van der Waals surface area contributed by atoms with Crippen LogP contribution in [0.25, 0.3) is 0 Å². The molecule has 0 radical (unpaired) electrons. The summed E-state index contributed by atoms with van der Waals surface area (Å²) in [6, 6.07) is -0.189. The first-order valence-corrected chi connectivity index (χ1v) is 6.33. The first-order valence-electron chi connectivity index (χ1n) is 6.33. The first-order chi connectivity index (χ1) is 8.69. The molecule has 0 amide bonds. The second-order valence-corrected chi connectivity index (χ2v) is 4.32. The molecule has 0 aliphatic rings. The van der Waals surface area contributed by atoms with Crippen LogP contribution in [0, 0.1) is 5.92 Å². The highest BCUT2D eigenvalue weighted by atomic mass is 16.5. The highest BCUT2D eigenvalue weighted by Gasteiger charge is 2.19. The van der Waals surface area contributed by atoms with Crippen LogP contribution in [-0.2, 0) is 15.9 Å². The van der Waals surface area contributed by atoms with E-state index < -0.39 is 0 Å². The Labute approximate surface area is 108 Å². The monoisotopic (exact) mass is 257 g/mol. The number of hydrogen-bond donors (Lipinski definition) is 1. The zero-order valence-corrected chi connectivity index (χ0v) is 11.4. The van der Waals surface area contributed by atoms with Crippen molar-refractivity contribution in [2.24, 2.45) is 11.7 Å². The van der Waals surface area contributed by atoms with Crippen LogP contribution in [0.3, 0.4) is 0 Å². The molecule has 0 aromatic carbocycles. The van der Waals surface area contributed by atoms with Crippen molar-refractivity contribution in [1.29, 1.82) is 0 Å². The number of nitrogens with zero attached hydrogens (tertiary/aromatic N) is 2. The minimum atomic E-state index is -0.189. The summed E-state index contributed by atoms with van der Waals surface area (Å²) >= 11 is 0. The fraction of sp³-hybridized carbons (Fsp3) is 0.833. The molecule has 1 aromatic heterocycles. The molecule has 0 spiro atoms. The predicted molar refractivity (Wildman–Crippen MR) is 67.1 cm³/mol. The van der Waals surface area contributed by atoms with Gasteiger partial charge in [0, 0.05) is 13.5 Å². The van der Waals surface area contributed by atoms with Crippen LogP contribution in [-0.4, -0.2) is 37.1 Å². The molecule has 0 saturated carbocycles. The van der Waals surface area contributed by atoms with Gasteiger partial charge in [-0.2, -0.15) is 4.98 Å². The minimum Gasteiger partial charge on any atom is -0.382 e. The average Bonchev–Trinajstić information content (AvgIpc) is 2.85. The summed E-state index contributed by atoms with van der Waals surface area (Å²) in [5.74, 6) is 1.48. The summed E-state index contributed by atoms with van der Waals surface area (Å²) in [5.41, 5.74) is 6.01. The molecule has 0 unspecified atom stereocenters. The smallest absolute Gasteiger partial charge is 0.243 e. The fourth-order valence-electron chi connectivity index (χ4n) is 1.41. The average molecular weight is 257 g/mol. The van der Waals surface area contributed by atoms with Crippen LogP contribution < -0.4 is 5.73 Å². The Morgan fingerprint density at radius 1 is 1.33 bits per heavy atom. The third kappa shape index (κ3) is 4.72. The van der Waals surface area contributed by atoms with E-state index in [0.717, 1.165) is 6.42 Å². The van der Waals surface area contributed by atoms with E-state index in [1.807, 2.05) is 0 Å². The Morgan fingerprint density at radius 2 is 2.11 bits per heavy atom. The lowest BCUT2D eigenvalue weighted by atomic mass is 10.0. The van der Waals surface area contributed by atoms with E-state index in [1.54, 1.807) is 7.11 Å². The highest BCUT2D eigenvalue weighted by Crippen LogP contribution is 2.19. The van der Waals surface area contributed by atoms with Crippen LogP contribution in [0.5, 0.6) is 0 Å². The molecule has 1 aromatic rings. The van der Waals surface area contributed by atoms with Crippen LogP contribution in [0.15, 0.2) is 4.52 Å². The predicted octanol–water partition coefficient (Wildman–Crippen LogP) is 1.32. The first kappa shape index (κ1) is 15.1. The lowest BCUT2D eigenvalue weighted by molar-refractivity contribution is 0.0714. The lowest BCUT2D eigenvalue weighted by Gasteiger charge is -2.12. The molecular formula is C12H23N3O3. The van der Waals surface area contributed by atoms with Crippen LogP contribution in [0.4, 0.5) is 0 Å². The van der Waals surface area contributed by atoms with Gasteiger partial charge in [-0.05, 0) is 5.92 Å². The summed E-state index contributed by atoms with van der Waals surface area (Å²) in [4.78, 5) is 4.28. The van der Waals surface area contributed by atoms with Gasteiger partial charge in [0.25, 0.3) is 0 Å². The van der Waals surface area contributed by atoms with Gasteiger partial charge in [0.05, 0.1) is 25.9 Å². The van der Waals surface area contributed by atoms with Crippen molar-refractivity contribution in [3.8, 4) is 0 Å². The molecular weight excluding hydrogens is 234 g/mol. The van der Waals surface area contributed by atoms with Gasteiger partial charge in [-0.15, -0.1) is 0 Å². The van der Waals surface area contributed by atoms with Gasteiger partial charge >= 0.3 is 0 Å². The molecule has 18 heavy (non-hydrogen) atoms. The molecule has 1 rings (SSSR count). The molecule has 2 atom stereocenters. The van der Waals surface area contributed by atoms with E-state index in [1.165, 1.54) is 0 Å². The zero-order valence-electron chi connectivity index (χ0n) is 11.4. The Hall–Kier alpha value is -0.980. The normalized spacial score (nSPS) is 14.7. The van der Waals surface area contributed by atoms with E-state index in [2.05, 4.69) is 24.0 Å². The third-order valence-electron chi connectivity index (χ3n) is 2.93. The van der Waals surface area contributed by atoms with Crippen molar-refractivity contribution in [2.75, 3.05) is 26.9 Å². The van der Waals surface area contributed by atoms with Gasteiger partial charge in [-0.25, -0.2) is 0 Å². The molecule has 1 heterocycles. The summed E-state index contributed by atoms with van der Waals surface area (Å²) in [7, 11) is 1.64. The quantitative estimate of drug-likeness (QED) is 0.672. The van der Waals surface area contributed by atoms with Crippen LogP contribution in [0.2, 0.25) is 0 Å². The topological polar surface area (TPSA) is 83.4 Å². The number of methoxy groups -OCH3 is 1. The summed E-state index contributed by atoms with van der Waals surface area (Å²) in [6.07, 6.45) is 1.61. The lowest BCUT2D eigenvalue weighted by Crippen LogP contribution is -2.19. The second-order valence-electron chi connectivity index (χ2n) is 4.32. The van der Waals surface area contributed by atoms with Crippen molar-refractivity contribution in [3.05, 3.63) is 11.7 Å². The van der Waals surface area contributed by atoms with E-state index in [0.29, 0.717) is 43.9 Å². The van der Waals surface area contributed by atoms with Crippen molar-refractivity contribution in [1.82, 2.24) is 10.1 Å². The largest absolute Gasteiger partial charge is 0.382 e. The Kier molecular flexibility index (Phi) is 6.85. The van der Waals surface area contributed by atoms with Gasteiger partial charge < -0.3 is 19.7 Å². The maximum absolute atomic E-state index is 6.01. The number of ether oxygens (including phenoxy) is 2. The number of aromatic nitrogens is 2. The zero-order chi connectivity index (χ0) is 13.4. The molecule has 0 aliphatic heterocycles. The summed E-state index contributed by atoms with van der Waals surface area (Å²) in [6.45, 7) is 5.89. The van der Waals surface area contributed by atoms with E-state index in [4.69, 9.17) is 19.7 Å². The molecule has 2 N–H and O–H groups in total. The highest BCUT2D eigenvalue weighted by molar-refractivity contribution is 4.93. The maximum atomic E-state index is 6.01. The number of nitrogens with two attached hydrogens (primary N) is 1. The Balaban J connectivity index is 2.34. The number of rotatable bonds is 9. The SMILES string of the molecule is CC[C@H](C)[C@H](N)c1nc(CCOCCOC)no1. The van der Waals surface area contributed by atoms with E-state index >= 15 is 0 Å². The number of hydrogen-bond acceptors (Lipinski definition) is 6. The van der Waals surface area contributed by atoms with Crippen molar-refractivity contribution >= 4 is 0 Å². The Morgan fingerprint density at radius 3 is 2.78 bits per heavy atom. The third-order valence-corrected chi connectivity index (χ3v) is 2.93. The maximum Gasteiger partial charge on any atom is 0.243 e. The van der Waals surface area contributed by atoms with Gasteiger partial charge in [0.2, 0.25) is 5.89 Å². The molecule has 0 saturated heterocycles. The van der Waals surface area contributed by atoms with Gasteiger partial charge in [-0.3, -0.25) is 0 Å². The van der Waals surface area contributed by atoms with Crippen molar-refractivity contribution < 1.29 is 14.0 Å². The van der Waals surface area contributed by atoms with Gasteiger partial charge in [0.1, 0.15) is 0 Å². The Bertz CT molecular complexity index is 330. The van der Waals surface area contributed by atoms with Gasteiger partial charge in [0.15, 0.2) is 5.82 Å². The van der Waals surface area contributed by atoms with Crippen LogP contribution >= 0.6 is 0 Å². The standard InChI is InChI=1S/C12H23N3O3/c1-4-9(2)11(13)12-14-10(15-18-12)5-6-17-8-7-16-3/h9,11H,4-8,13H2,1-3H3/t9-,11-/m0/s1. The second kappa shape index (κ2) is 8.18. The molecule has 6 heteroatoms. The van der Waals surface area contributed by atoms with E-state index in [-0.39, 0.29) is 6.04 Å². The molecule has 0 bridgehead atoms. The van der Waals surface area contributed by atoms with Crippen molar-refractivity contribution in [2.45, 2.75) is 32.7 Å². The fourth-order valence-corrected chi connectivity index (χ4v) is 1.41. The molecule has 104 valence electrons. The molecule has 0 aliphatic carbocycles.